The maximum absolute atomic E-state index is 11.4. The molecule has 0 heterocycles. The summed E-state index contributed by atoms with van der Waals surface area (Å²) < 4.78 is 11.1. The van der Waals surface area contributed by atoms with E-state index in [1.54, 1.807) is 0 Å². The molecule has 1 unspecified atom stereocenters. The summed E-state index contributed by atoms with van der Waals surface area (Å²) in [6.45, 7) is 6.38. The highest BCUT2D eigenvalue weighted by Crippen LogP contribution is 2.47. The minimum atomic E-state index is -2.14. The molecular formula is C29H52O3S. The molecule has 0 amide bonds. The monoisotopic (exact) mass is 480 g/mol. The van der Waals surface area contributed by atoms with Crippen molar-refractivity contribution < 1.29 is 14.5 Å². The van der Waals surface area contributed by atoms with Crippen molar-refractivity contribution >= 4 is 16.3 Å². The van der Waals surface area contributed by atoms with Gasteiger partial charge in [0, 0.05) is 5.75 Å². The van der Waals surface area contributed by atoms with E-state index < -0.39 is 16.3 Å². The molecule has 0 aliphatic carbocycles. The summed E-state index contributed by atoms with van der Waals surface area (Å²) >= 11 is 0. The van der Waals surface area contributed by atoms with Gasteiger partial charge in [0.05, 0.1) is 5.75 Å². The Morgan fingerprint density at radius 2 is 1.09 bits per heavy atom. The van der Waals surface area contributed by atoms with Crippen LogP contribution in [0.2, 0.25) is 0 Å². The van der Waals surface area contributed by atoms with E-state index >= 15 is 0 Å². The van der Waals surface area contributed by atoms with E-state index in [4.69, 9.17) is 0 Å². The molecule has 4 heteroatoms. The highest BCUT2D eigenvalue weighted by atomic mass is 32.3. The molecule has 2 N–H and O–H groups in total. The Kier molecular flexibility index (Phi) is 16.7. The van der Waals surface area contributed by atoms with Gasteiger partial charge in [0.15, 0.2) is 0 Å². The highest BCUT2D eigenvalue weighted by molar-refractivity contribution is 8.28. The Morgan fingerprint density at radius 3 is 1.48 bits per heavy atom. The topological polar surface area (TPSA) is 57.5 Å². The molecule has 0 bridgehead atoms. The van der Waals surface area contributed by atoms with Crippen molar-refractivity contribution in [2.45, 2.75) is 129 Å². The quantitative estimate of drug-likeness (QED) is 0.172. The average Bonchev–Trinajstić information content (AvgIpc) is 2.72. The van der Waals surface area contributed by atoms with Crippen molar-refractivity contribution in [2.75, 3.05) is 11.5 Å². The number of aliphatic carboxylic acids is 1. The van der Waals surface area contributed by atoms with Gasteiger partial charge in [-0.15, -0.1) is 10.3 Å². The average molecular weight is 481 g/mol. The summed E-state index contributed by atoms with van der Waals surface area (Å²) in [5.74, 6) is 0.165. The number of unbranched alkanes of at least 4 members (excludes halogenated alkanes) is 15. The molecule has 1 rings (SSSR count). The second kappa shape index (κ2) is 18.3. The number of aryl methyl sites for hydroxylation is 2. The number of hydrogen-bond donors (Lipinski definition) is 2. The molecule has 3 nitrogen and oxygen atoms in total. The molecule has 0 fully saturated rings. The molecule has 0 aliphatic heterocycles. The Hall–Kier alpha value is -1.00. The summed E-state index contributed by atoms with van der Waals surface area (Å²) in [5.41, 5.74) is 3.41. The maximum Gasteiger partial charge on any atom is 0.314 e. The lowest BCUT2D eigenvalue weighted by molar-refractivity contribution is -0.134. The van der Waals surface area contributed by atoms with Crippen LogP contribution in [0.25, 0.3) is 0 Å². The van der Waals surface area contributed by atoms with Crippen molar-refractivity contribution in [1.29, 1.82) is 0 Å². The van der Waals surface area contributed by atoms with Gasteiger partial charge in [-0.1, -0.05) is 133 Å². The Bertz CT molecular complexity index is 626. The van der Waals surface area contributed by atoms with Crippen molar-refractivity contribution in [2.24, 2.45) is 0 Å². The summed E-state index contributed by atoms with van der Waals surface area (Å²) in [7, 11) is -2.14. The van der Waals surface area contributed by atoms with Gasteiger partial charge in [-0.05, 0) is 31.6 Å². The first-order chi connectivity index (χ1) is 15.8. The second-order valence-corrected chi connectivity index (χ2v) is 13.2. The lowest BCUT2D eigenvalue weighted by Crippen LogP contribution is -2.18. The molecule has 1 aromatic rings. The van der Waals surface area contributed by atoms with E-state index in [1.807, 2.05) is 0 Å². The van der Waals surface area contributed by atoms with Crippen LogP contribution >= 0.6 is 10.3 Å². The van der Waals surface area contributed by atoms with Crippen molar-refractivity contribution in [1.82, 2.24) is 0 Å². The minimum Gasteiger partial charge on any atom is -0.481 e. The number of hydrogen-bond acceptors (Lipinski definition) is 2. The van der Waals surface area contributed by atoms with E-state index in [-0.39, 0.29) is 5.75 Å². The summed E-state index contributed by atoms with van der Waals surface area (Å²) in [6, 6.07) is 6.28. The van der Waals surface area contributed by atoms with Crippen LogP contribution < -0.4 is 0 Å². The van der Waals surface area contributed by atoms with Crippen LogP contribution in [-0.2, 0) is 10.5 Å². The van der Waals surface area contributed by atoms with Crippen molar-refractivity contribution in [3.8, 4) is 0 Å². The van der Waals surface area contributed by atoms with Gasteiger partial charge in [0.2, 0.25) is 0 Å². The van der Waals surface area contributed by atoms with Crippen LogP contribution in [-0.4, -0.2) is 27.1 Å². The maximum atomic E-state index is 11.4. The molecule has 0 spiro atoms. The predicted octanol–water partition coefficient (Wildman–Crippen LogP) is 9.43. The summed E-state index contributed by atoms with van der Waals surface area (Å²) in [5, 5.41) is 9.33. The zero-order valence-electron chi connectivity index (χ0n) is 21.9. The molecule has 192 valence electrons. The zero-order valence-corrected chi connectivity index (χ0v) is 22.7. The fourth-order valence-corrected chi connectivity index (χ4v) is 7.19. The third kappa shape index (κ3) is 16.3. The zero-order chi connectivity index (χ0) is 24.4. The van der Waals surface area contributed by atoms with Crippen molar-refractivity contribution in [3.05, 3.63) is 34.9 Å². The third-order valence-electron chi connectivity index (χ3n) is 6.49. The normalized spacial score (nSPS) is 14.2. The van der Waals surface area contributed by atoms with Gasteiger partial charge in [-0.3, -0.25) is 4.79 Å². The molecule has 0 radical (unpaired) electrons. The van der Waals surface area contributed by atoms with E-state index in [0.717, 1.165) is 18.4 Å². The molecule has 0 aromatic heterocycles. The molecule has 0 saturated carbocycles. The smallest absolute Gasteiger partial charge is 0.314 e. The van der Waals surface area contributed by atoms with Crippen LogP contribution in [0.15, 0.2) is 18.2 Å². The van der Waals surface area contributed by atoms with Gasteiger partial charge in [0.25, 0.3) is 0 Å². The third-order valence-corrected chi connectivity index (χ3v) is 9.19. The fraction of sp³-hybridized carbons (Fsp3) is 0.759. The summed E-state index contributed by atoms with van der Waals surface area (Å²) in [4.78, 5) is 11.4. The fourth-order valence-electron chi connectivity index (χ4n) is 4.81. The van der Waals surface area contributed by atoms with E-state index in [0.29, 0.717) is 11.5 Å². The standard InChI is InChI=1S/C29H52O3S/c1-4-5-6-7-8-9-10-11-12-13-14-15-16-17-18-19-20-33(32,25-29(30)31)24-28-22-26(2)21-27(3)23-28/h21-23,32H,4-20,24-25H2,1-3H3,(H,30,31). The lowest BCUT2D eigenvalue weighted by Gasteiger charge is -2.33. The van der Waals surface area contributed by atoms with Crippen molar-refractivity contribution in [3.63, 3.8) is 0 Å². The minimum absolute atomic E-state index is 0.0985. The van der Waals surface area contributed by atoms with Gasteiger partial charge in [-0.25, -0.2) is 0 Å². The Balaban J connectivity index is 2.11. The number of carboxylic acids is 1. The molecule has 1 aromatic carbocycles. The molecule has 33 heavy (non-hydrogen) atoms. The van der Waals surface area contributed by atoms with Crippen LogP contribution in [0.1, 0.15) is 126 Å². The van der Waals surface area contributed by atoms with Gasteiger partial charge in [-0.2, -0.15) is 0 Å². The Labute approximate surface area is 206 Å². The first kappa shape index (κ1) is 30.0. The highest BCUT2D eigenvalue weighted by Gasteiger charge is 2.24. The van der Waals surface area contributed by atoms with Crippen LogP contribution in [0, 0.1) is 13.8 Å². The number of carbonyl (C=O) groups is 1. The van der Waals surface area contributed by atoms with Crippen LogP contribution in [0.4, 0.5) is 0 Å². The molecule has 1 atom stereocenters. The SMILES string of the molecule is CCCCCCCCCCCCCCCCCCS(O)(CC(=O)O)Cc1cc(C)cc(C)c1. The number of benzene rings is 1. The predicted molar refractivity (Wildman–Crippen MR) is 147 cm³/mol. The summed E-state index contributed by atoms with van der Waals surface area (Å²) in [6.07, 6.45) is 21.1. The number of rotatable bonds is 21. The van der Waals surface area contributed by atoms with E-state index in [9.17, 15) is 14.5 Å². The molecule has 0 saturated heterocycles. The lowest BCUT2D eigenvalue weighted by atomic mass is 10.0. The van der Waals surface area contributed by atoms with E-state index in [2.05, 4.69) is 39.0 Å². The Morgan fingerprint density at radius 1 is 0.697 bits per heavy atom. The molecular weight excluding hydrogens is 428 g/mol. The largest absolute Gasteiger partial charge is 0.481 e. The van der Waals surface area contributed by atoms with Crippen LogP contribution in [0.3, 0.4) is 0 Å². The first-order valence-corrected chi connectivity index (χ1v) is 15.7. The second-order valence-electron chi connectivity index (χ2n) is 10.2. The van der Waals surface area contributed by atoms with E-state index in [1.165, 1.54) is 101 Å². The number of carboxylic acid groups (broad SMARTS) is 1. The van der Waals surface area contributed by atoms with Gasteiger partial charge in [0.1, 0.15) is 0 Å². The molecule has 0 aliphatic rings. The van der Waals surface area contributed by atoms with Gasteiger partial charge >= 0.3 is 5.97 Å². The van der Waals surface area contributed by atoms with Crippen LogP contribution in [0.5, 0.6) is 0 Å². The first-order valence-electron chi connectivity index (χ1n) is 13.6. The van der Waals surface area contributed by atoms with Gasteiger partial charge < -0.3 is 9.66 Å².